The molecule has 0 amide bonds. The molecule has 0 saturated heterocycles. The van der Waals surface area contributed by atoms with E-state index in [0.717, 1.165) is 11.1 Å². The van der Waals surface area contributed by atoms with E-state index in [9.17, 15) is 8.42 Å². The maximum Gasteiger partial charge on any atom is 0.414 e. The van der Waals surface area contributed by atoms with Gasteiger partial charge in [0.05, 0.1) is 9.79 Å². The number of benzene rings is 2. The summed E-state index contributed by atoms with van der Waals surface area (Å²) in [4.78, 5) is 19.0. The highest BCUT2D eigenvalue weighted by atomic mass is 32.2. The van der Waals surface area contributed by atoms with Gasteiger partial charge < -0.3 is 10.2 Å². The highest BCUT2D eigenvalue weighted by molar-refractivity contribution is 7.91. The van der Waals surface area contributed by atoms with E-state index in [0.29, 0.717) is 9.79 Å². The largest absolute Gasteiger partial charge is 0.473 e. The molecule has 0 heterocycles. The van der Waals surface area contributed by atoms with Crippen LogP contribution in [-0.4, -0.2) is 30.6 Å². The Morgan fingerprint density at radius 1 is 0.704 bits per heavy atom. The molecule has 2 rings (SSSR count). The van der Waals surface area contributed by atoms with Crippen molar-refractivity contribution < 1.29 is 28.2 Å². The van der Waals surface area contributed by atoms with Crippen LogP contribution in [-0.2, 0) is 19.4 Å². The Morgan fingerprint density at radius 3 is 1.26 bits per heavy atom. The molecule has 0 unspecified atom stereocenters. The molecule has 0 radical (unpaired) electrons. The second-order valence-electron chi connectivity index (χ2n) is 6.50. The maximum atomic E-state index is 13.1. The molecule has 2 aromatic rings. The Labute approximate surface area is 159 Å². The number of carboxylic acid groups (broad SMARTS) is 2. The Bertz CT molecular complexity index is 844. The van der Waals surface area contributed by atoms with Crippen molar-refractivity contribution in [3.63, 3.8) is 0 Å². The van der Waals surface area contributed by atoms with E-state index < -0.39 is 21.8 Å². The number of hydrogen-bond acceptors (Lipinski definition) is 4. The van der Waals surface area contributed by atoms with E-state index in [1.807, 2.05) is 52.0 Å². The third kappa shape index (κ3) is 5.65. The summed E-state index contributed by atoms with van der Waals surface area (Å²) in [5, 5.41) is 14.8. The second kappa shape index (κ2) is 9.32. The molecule has 146 valence electrons. The van der Waals surface area contributed by atoms with Gasteiger partial charge in [-0.2, -0.15) is 0 Å². The Balaban J connectivity index is 0.000000527. The molecule has 0 atom stereocenters. The van der Waals surface area contributed by atoms with Gasteiger partial charge in [0.1, 0.15) is 0 Å². The number of aliphatic carboxylic acids is 2. The SMILES string of the molecule is CC(C)c1ccccc1S(=O)(=O)c1ccccc1C(C)C.O=C(O)C(=O)O. The van der Waals surface area contributed by atoms with Crippen molar-refractivity contribution in [1.82, 2.24) is 0 Å². The minimum absolute atomic E-state index is 0.169. The molecule has 0 aromatic heterocycles. The zero-order valence-electron chi connectivity index (χ0n) is 15.7. The van der Waals surface area contributed by atoms with Gasteiger partial charge >= 0.3 is 11.9 Å². The van der Waals surface area contributed by atoms with Gasteiger partial charge in [-0.3, -0.25) is 0 Å². The van der Waals surface area contributed by atoms with Crippen molar-refractivity contribution in [2.24, 2.45) is 0 Å². The van der Waals surface area contributed by atoms with Crippen LogP contribution in [0.1, 0.15) is 50.7 Å². The predicted molar refractivity (Wildman–Crippen MR) is 102 cm³/mol. The Kier molecular flexibility index (Phi) is 7.72. The predicted octanol–water partition coefficient (Wildman–Crippen LogP) is 3.92. The highest BCUT2D eigenvalue weighted by Gasteiger charge is 2.25. The van der Waals surface area contributed by atoms with Crippen LogP contribution in [0.25, 0.3) is 0 Å². The summed E-state index contributed by atoms with van der Waals surface area (Å²) >= 11 is 0. The van der Waals surface area contributed by atoms with Crippen LogP contribution in [0.2, 0.25) is 0 Å². The lowest BCUT2D eigenvalue weighted by atomic mass is 10.0. The molecule has 0 aliphatic carbocycles. The standard InChI is InChI=1S/C18H22O2S.C2H2O4/c1-13(2)15-9-5-7-11-17(15)21(19,20)18-12-8-6-10-16(18)14(3)4;3-1(4)2(5)6/h5-14H,1-4H3;(H,3,4)(H,5,6). The molecule has 0 fully saturated rings. The molecule has 0 spiro atoms. The summed E-state index contributed by atoms with van der Waals surface area (Å²) in [7, 11) is -3.49. The number of carbonyl (C=O) groups is 2. The van der Waals surface area contributed by atoms with Crippen LogP contribution in [0.4, 0.5) is 0 Å². The average molecular weight is 392 g/mol. The summed E-state index contributed by atoms with van der Waals surface area (Å²) in [5.74, 6) is -3.31. The van der Waals surface area contributed by atoms with E-state index in [1.54, 1.807) is 24.3 Å². The average Bonchev–Trinajstić information content (AvgIpc) is 2.62. The van der Waals surface area contributed by atoms with Gasteiger partial charge in [0.2, 0.25) is 9.84 Å². The maximum absolute atomic E-state index is 13.1. The van der Waals surface area contributed by atoms with Crippen LogP contribution in [0.3, 0.4) is 0 Å². The minimum Gasteiger partial charge on any atom is -0.473 e. The molecular weight excluding hydrogens is 368 g/mol. The molecular formula is C20H24O6S. The van der Waals surface area contributed by atoms with Gasteiger partial charge in [-0.15, -0.1) is 0 Å². The first-order chi connectivity index (χ1) is 12.5. The normalized spacial score (nSPS) is 11.0. The van der Waals surface area contributed by atoms with Gasteiger partial charge in [-0.25, -0.2) is 18.0 Å². The van der Waals surface area contributed by atoms with Crippen LogP contribution in [0.5, 0.6) is 0 Å². The number of hydrogen-bond donors (Lipinski definition) is 2. The van der Waals surface area contributed by atoms with Crippen molar-refractivity contribution >= 4 is 21.8 Å². The fraction of sp³-hybridized carbons (Fsp3) is 0.300. The van der Waals surface area contributed by atoms with Crippen LogP contribution in [0.15, 0.2) is 58.3 Å². The second-order valence-corrected chi connectivity index (χ2v) is 8.39. The lowest BCUT2D eigenvalue weighted by Gasteiger charge is -2.17. The van der Waals surface area contributed by atoms with Crippen LogP contribution in [0, 0.1) is 0 Å². The van der Waals surface area contributed by atoms with Gasteiger partial charge in [-0.1, -0.05) is 64.1 Å². The zero-order valence-corrected chi connectivity index (χ0v) is 16.5. The van der Waals surface area contributed by atoms with E-state index in [1.165, 1.54) is 0 Å². The summed E-state index contributed by atoms with van der Waals surface area (Å²) in [6, 6.07) is 14.6. The first kappa shape index (κ1) is 22.4. The summed E-state index contributed by atoms with van der Waals surface area (Å²) in [6.07, 6.45) is 0. The zero-order chi connectivity index (χ0) is 20.8. The molecule has 27 heavy (non-hydrogen) atoms. The monoisotopic (exact) mass is 392 g/mol. The van der Waals surface area contributed by atoms with Crippen LogP contribution < -0.4 is 0 Å². The summed E-state index contributed by atoms with van der Waals surface area (Å²) in [6.45, 7) is 8.07. The first-order valence-corrected chi connectivity index (χ1v) is 9.87. The number of rotatable bonds is 4. The fourth-order valence-electron chi connectivity index (χ4n) is 2.52. The lowest BCUT2D eigenvalue weighted by molar-refractivity contribution is -0.159. The van der Waals surface area contributed by atoms with Crippen molar-refractivity contribution in [2.75, 3.05) is 0 Å². The molecule has 2 N–H and O–H groups in total. The smallest absolute Gasteiger partial charge is 0.414 e. The van der Waals surface area contributed by atoms with Crippen molar-refractivity contribution in [2.45, 2.75) is 49.3 Å². The van der Waals surface area contributed by atoms with Gasteiger partial charge in [-0.05, 0) is 35.1 Å². The molecule has 7 heteroatoms. The third-order valence-electron chi connectivity index (χ3n) is 3.84. The lowest BCUT2D eigenvalue weighted by Crippen LogP contribution is -2.09. The topological polar surface area (TPSA) is 109 Å². The molecule has 6 nitrogen and oxygen atoms in total. The molecule has 0 bridgehead atoms. The van der Waals surface area contributed by atoms with Gasteiger partial charge in [0.15, 0.2) is 0 Å². The Morgan fingerprint density at radius 2 is 1.00 bits per heavy atom. The van der Waals surface area contributed by atoms with Crippen molar-refractivity contribution in [1.29, 1.82) is 0 Å². The molecule has 2 aromatic carbocycles. The quantitative estimate of drug-likeness (QED) is 0.763. The fourth-order valence-corrected chi connectivity index (χ4v) is 4.50. The van der Waals surface area contributed by atoms with E-state index in [-0.39, 0.29) is 11.8 Å². The summed E-state index contributed by atoms with van der Waals surface area (Å²) < 4.78 is 26.2. The Hall–Kier alpha value is -2.67. The van der Waals surface area contributed by atoms with Gasteiger partial charge in [0.25, 0.3) is 0 Å². The first-order valence-electron chi connectivity index (χ1n) is 8.39. The van der Waals surface area contributed by atoms with Crippen LogP contribution >= 0.6 is 0 Å². The molecule has 0 aliphatic rings. The minimum atomic E-state index is -3.49. The van der Waals surface area contributed by atoms with E-state index >= 15 is 0 Å². The highest BCUT2D eigenvalue weighted by Crippen LogP contribution is 2.32. The van der Waals surface area contributed by atoms with E-state index in [2.05, 4.69) is 0 Å². The third-order valence-corrected chi connectivity index (χ3v) is 5.75. The molecule has 0 saturated carbocycles. The molecule has 0 aliphatic heterocycles. The van der Waals surface area contributed by atoms with Crippen molar-refractivity contribution in [3.8, 4) is 0 Å². The van der Waals surface area contributed by atoms with Gasteiger partial charge in [0, 0.05) is 0 Å². The number of carboxylic acids is 2. The summed E-state index contributed by atoms with van der Waals surface area (Å²) in [5.41, 5.74) is 1.74. The number of sulfone groups is 1. The van der Waals surface area contributed by atoms with Crippen molar-refractivity contribution in [3.05, 3.63) is 59.7 Å². The van der Waals surface area contributed by atoms with E-state index in [4.69, 9.17) is 19.8 Å².